The van der Waals surface area contributed by atoms with Gasteiger partial charge in [-0.25, -0.2) is 9.59 Å². The van der Waals surface area contributed by atoms with E-state index in [1.54, 1.807) is 7.11 Å². The number of ether oxygens (including phenoxy) is 7. The van der Waals surface area contributed by atoms with E-state index in [9.17, 15) is 9.59 Å². The van der Waals surface area contributed by atoms with E-state index in [-0.39, 0.29) is 24.7 Å². The Morgan fingerprint density at radius 3 is 2.22 bits per heavy atom. The molecule has 1 saturated carbocycles. The highest BCUT2D eigenvalue weighted by atomic mass is 16.6. The largest absolute Gasteiger partial charge is 0.487 e. The highest BCUT2D eigenvalue weighted by Crippen LogP contribution is 2.55. The molecule has 1 unspecified atom stereocenters. The standard InChI is InChI=1S/C32H50O9/c1-6-7-8-9-24-21-27(29-25-20-23(2)10-11-26(25)32(3,4)41-28(29)22-24)40-31(34)30(33)39-19-18-38-17-16-37-15-14-36-13-12-35-5/h21-23,25-26H,6-20H2,1-5H3/t23?,25-,26-/m1/s1. The molecule has 1 aliphatic carbocycles. The monoisotopic (exact) mass is 578 g/mol. The van der Waals surface area contributed by atoms with Crippen molar-refractivity contribution in [3.05, 3.63) is 23.3 Å². The fourth-order valence-corrected chi connectivity index (χ4v) is 5.88. The van der Waals surface area contributed by atoms with Crippen molar-refractivity contribution >= 4 is 11.9 Å². The number of unbranched alkanes of at least 4 members (excludes halogenated alkanes) is 2. The van der Waals surface area contributed by atoms with Crippen LogP contribution in [0.3, 0.4) is 0 Å². The number of carbonyl (C=O) groups excluding carboxylic acids is 2. The molecule has 1 fully saturated rings. The summed E-state index contributed by atoms with van der Waals surface area (Å²) in [6.45, 7) is 11.6. The Labute approximate surface area is 245 Å². The molecule has 0 bridgehead atoms. The third-order valence-electron chi connectivity index (χ3n) is 7.99. The molecule has 9 nitrogen and oxygen atoms in total. The first-order valence-electron chi connectivity index (χ1n) is 15.2. The van der Waals surface area contributed by atoms with Gasteiger partial charge in [0.15, 0.2) is 0 Å². The number of fused-ring (bicyclic) bond motifs is 3. The van der Waals surface area contributed by atoms with E-state index in [2.05, 4.69) is 33.8 Å². The highest BCUT2D eigenvalue weighted by molar-refractivity contribution is 6.30. The van der Waals surface area contributed by atoms with E-state index >= 15 is 0 Å². The topological polar surface area (TPSA) is 98.8 Å². The Kier molecular flexibility index (Phi) is 13.8. The number of esters is 2. The molecule has 0 N–H and O–H groups in total. The summed E-state index contributed by atoms with van der Waals surface area (Å²) in [5.74, 6) is 0.214. The lowest BCUT2D eigenvalue weighted by Crippen LogP contribution is -2.46. The van der Waals surface area contributed by atoms with Gasteiger partial charge in [0.05, 0.1) is 46.2 Å². The second kappa shape index (κ2) is 17.0. The van der Waals surface area contributed by atoms with Gasteiger partial charge in [0.1, 0.15) is 23.7 Å². The van der Waals surface area contributed by atoms with Crippen molar-refractivity contribution in [2.24, 2.45) is 11.8 Å². The van der Waals surface area contributed by atoms with Crippen LogP contribution in [0.15, 0.2) is 12.1 Å². The Bertz CT molecular complexity index is 961. The minimum absolute atomic E-state index is 0.0528. The lowest BCUT2D eigenvalue weighted by molar-refractivity contribution is -0.163. The summed E-state index contributed by atoms with van der Waals surface area (Å²) in [6.07, 6.45) is 7.32. The maximum atomic E-state index is 12.8. The van der Waals surface area contributed by atoms with E-state index in [1.165, 1.54) is 0 Å². The number of carbonyl (C=O) groups is 2. The first-order valence-corrected chi connectivity index (χ1v) is 15.2. The van der Waals surface area contributed by atoms with Gasteiger partial charge in [-0.1, -0.05) is 33.1 Å². The summed E-state index contributed by atoms with van der Waals surface area (Å²) < 4.78 is 38.5. The molecule has 3 rings (SSSR count). The summed E-state index contributed by atoms with van der Waals surface area (Å²) in [5.41, 5.74) is 1.64. The summed E-state index contributed by atoms with van der Waals surface area (Å²) >= 11 is 0. The summed E-state index contributed by atoms with van der Waals surface area (Å²) in [7, 11) is 1.62. The van der Waals surface area contributed by atoms with Crippen molar-refractivity contribution in [2.75, 3.05) is 60.0 Å². The SMILES string of the molecule is CCCCCc1cc(OC(=O)C(=O)OCCOCCOCCOCCOC)c2c(c1)OC(C)(C)[C@@H]1CCC(C)C[C@@H]21. The van der Waals surface area contributed by atoms with Gasteiger partial charge >= 0.3 is 11.9 Å². The molecule has 3 atom stereocenters. The third-order valence-corrected chi connectivity index (χ3v) is 7.99. The maximum Gasteiger partial charge on any atom is 0.422 e. The van der Waals surface area contributed by atoms with Gasteiger partial charge in [0, 0.05) is 18.6 Å². The van der Waals surface area contributed by atoms with E-state index < -0.39 is 11.9 Å². The van der Waals surface area contributed by atoms with Gasteiger partial charge in [0.25, 0.3) is 0 Å². The molecule has 2 aliphatic rings. The lowest BCUT2D eigenvalue weighted by atomic mass is 9.64. The minimum Gasteiger partial charge on any atom is -0.487 e. The highest BCUT2D eigenvalue weighted by Gasteiger charge is 2.47. The number of aryl methyl sites for hydroxylation is 1. The normalized spacial score (nSPS) is 21.0. The quantitative estimate of drug-likeness (QED) is 0.106. The van der Waals surface area contributed by atoms with Crippen LogP contribution in [0.5, 0.6) is 11.5 Å². The molecule has 1 aliphatic heterocycles. The van der Waals surface area contributed by atoms with Crippen LogP contribution >= 0.6 is 0 Å². The number of hydrogen-bond donors (Lipinski definition) is 0. The van der Waals surface area contributed by atoms with E-state index in [0.29, 0.717) is 57.2 Å². The summed E-state index contributed by atoms with van der Waals surface area (Å²) in [4.78, 5) is 25.3. The third kappa shape index (κ3) is 10.2. The lowest BCUT2D eigenvalue weighted by Gasteiger charge is -2.49. The molecular formula is C32H50O9. The summed E-state index contributed by atoms with van der Waals surface area (Å²) in [6, 6.07) is 4.02. The zero-order valence-corrected chi connectivity index (χ0v) is 25.7. The average molecular weight is 579 g/mol. The van der Waals surface area contributed by atoms with Crippen LogP contribution in [0.4, 0.5) is 0 Å². The summed E-state index contributed by atoms with van der Waals surface area (Å²) in [5, 5.41) is 0. The van der Waals surface area contributed by atoms with Crippen LogP contribution in [0.2, 0.25) is 0 Å². The molecule has 0 spiro atoms. The second-order valence-corrected chi connectivity index (χ2v) is 11.7. The molecule has 9 heteroatoms. The van der Waals surface area contributed by atoms with Gasteiger partial charge in [-0.15, -0.1) is 0 Å². The van der Waals surface area contributed by atoms with Crippen LogP contribution in [0, 0.1) is 11.8 Å². The van der Waals surface area contributed by atoms with Crippen molar-refractivity contribution in [3.63, 3.8) is 0 Å². The number of methoxy groups -OCH3 is 1. The Hall–Kier alpha value is -2.20. The molecule has 1 heterocycles. The second-order valence-electron chi connectivity index (χ2n) is 11.7. The first kappa shape index (κ1) is 33.3. The maximum absolute atomic E-state index is 12.8. The Morgan fingerprint density at radius 2 is 1.56 bits per heavy atom. The molecule has 1 aromatic carbocycles. The van der Waals surface area contributed by atoms with Crippen molar-refractivity contribution in [2.45, 2.75) is 84.2 Å². The number of rotatable bonds is 17. The number of benzene rings is 1. The predicted octanol–water partition coefficient (Wildman–Crippen LogP) is 5.25. The Balaban J connectivity index is 1.55. The van der Waals surface area contributed by atoms with Gasteiger partial charge in [-0.05, 0) is 69.1 Å². The van der Waals surface area contributed by atoms with Crippen LogP contribution in [-0.2, 0) is 39.7 Å². The van der Waals surface area contributed by atoms with Crippen LogP contribution in [-0.4, -0.2) is 77.5 Å². The van der Waals surface area contributed by atoms with Crippen molar-refractivity contribution in [3.8, 4) is 11.5 Å². The molecule has 0 radical (unpaired) electrons. The average Bonchev–Trinajstić information content (AvgIpc) is 2.93. The molecule has 0 amide bonds. The van der Waals surface area contributed by atoms with Crippen molar-refractivity contribution in [1.29, 1.82) is 0 Å². The molecule has 0 saturated heterocycles. The fraction of sp³-hybridized carbons (Fsp3) is 0.750. The smallest absolute Gasteiger partial charge is 0.422 e. The van der Waals surface area contributed by atoms with Gasteiger partial charge in [-0.3, -0.25) is 0 Å². The minimum atomic E-state index is -1.03. The van der Waals surface area contributed by atoms with Crippen LogP contribution in [0.25, 0.3) is 0 Å². The van der Waals surface area contributed by atoms with Gasteiger partial charge in [0.2, 0.25) is 0 Å². The molecule has 232 valence electrons. The molecule has 0 aromatic heterocycles. The van der Waals surface area contributed by atoms with Gasteiger partial charge < -0.3 is 33.2 Å². The van der Waals surface area contributed by atoms with E-state index in [4.69, 9.17) is 33.2 Å². The zero-order valence-electron chi connectivity index (χ0n) is 25.7. The van der Waals surface area contributed by atoms with E-state index in [1.807, 2.05) is 6.07 Å². The van der Waals surface area contributed by atoms with Crippen molar-refractivity contribution < 1.29 is 42.7 Å². The molecule has 41 heavy (non-hydrogen) atoms. The first-order chi connectivity index (χ1) is 19.8. The van der Waals surface area contributed by atoms with Crippen LogP contribution in [0.1, 0.15) is 83.3 Å². The van der Waals surface area contributed by atoms with Crippen LogP contribution < -0.4 is 9.47 Å². The van der Waals surface area contributed by atoms with Crippen molar-refractivity contribution in [1.82, 2.24) is 0 Å². The van der Waals surface area contributed by atoms with E-state index in [0.717, 1.165) is 61.8 Å². The molecular weight excluding hydrogens is 528 g/mol. The van der Waals surface area contributed by atoms with Gasteiger partial charge in [-0.2, -0.15) is 0 Å². The number of hydrogen-bond acceptors (Lipinski definition) is 9. The fourth-order valence-electron chi connectivity index (χ4n) is 5.88. The molecule has 1 aromatic rings. The Morgan fingerprint density at radius 1 is 0.902 bits per heavy atom. The predicted molar refractivity (Wildman–Crippen MR) is 155 cm³/mol. The zero-order chi connectivity index (χ0) is 29.7.